The number of imide groups is 1. The zero-order valence-corrected chi connectivity index (χ0v) is 23.1. The number of carbonyl (C=O) groups excluding carboxylic acids is 4. The van der Waals surface area contributed by atoms with Crippen LogP contribution in [0.4, 0.5) is 0 Å². The van der Waals surface area contributed by atoms with E-state index in [1.54, 1.807) is 18.2 Å². The van der Waals surface area contributed by atoms with Crippen LogP contribution >= 0.6 is 11.6 Å². The van der Waals surface area contributed by atoms with Gasteiger partial charge < -0.3 is 9.80 Å². The van der Waals surface area contributed by atoms with Gasteiger partial charge in [-0.2, -0.15) is 0 Å². The molecule has 3 atom stereocenters. The van der Waals surface area contributed by atoms with Crippen molar-refractivity contribution in [3.63, 3.8) is 0 Å². The standard InChI is InChI=1S/C32H29ClN4O4/c33-23-8-5-19(6-9-23)26-4-2-1-3-21(26)15-36-24-14-25(36)18-35(17-24)31(40)20-7-10-27-22(13-20)16-37(32(27)41)28-11-12-29(38)34-30(28)39/h1-10,13,24-25,28H,11-12,14-18H2,(H,34,38,39). The van der Waals surface area contributed by atoms with Crippen molar-refractivity contribution in [3.05, 3.63) is 94.0 Å². The Balaban J connectivity index is 1.02. The van der Waals surface area contributed by atoms with Crippen molar-refractivity contribution in [3.8, 4) is 11.1 Å². The summed E-state index contributed by atoms with van der Waals surface area (Å²) in [6.45, 7) is 2.41. The average molecular weight is 569 g/mol. The van der Waals surface area contributed by atoms with Gasteiger partial charge in [0.05, 0.1) is 0 Å². The lowest BCUT2D eigenvalue weighted by Gasteiger charge is -2.56. The highest BCUT2D eigenvalue weighted by Crippen LogP contribution is 2.37. The van der Waals surface area contributed by atoms with Gasteiger partial charge >= 0.3 is 0 Å². The molecule has 5 heterocycles. The smallest absolute Gasteiger partial charge is 0.255 e. The highest BCUT2D eigenvalue weighted by Gasteiger charge is 2.46. The largest absolute Gasteiger partial charge is 0.336 e. The zero-order valence-electron chi connectivity index (χ0n) is 22.4. The van der Waals surface area contributed by atoms with Gasteiger partial charge in [-0.3, -0.25) is 29.4 Å². The minimum Gasteiger partial charge on any atom is -0.336 e. The fourth-order valence-electron chi connectivity index (χ4n) is 6.77. The first kappa shape index (κ1) is 25.9. The van der Waals surface area contributed by atoms with Gasteiger partial charge in [-0.15, -0.1) is 0 Å². The number of piperazine rings is 1. The maximum atomic E-state index is 13.5. The Morgan fingerprint density at radius 3 is 2.44 bits per heavy atom. The predicted octanol–water partition coefficient (Wildman–Crippen LogP) is 3.87. The van der Waals surface area contributed by atoms with Gasteiger partial charge in [0, 0.05) is 60.8 Å². The number of nitrogens with one attached hydrogen (secondary N) is 1. The predicted molar refractivity (Wildman–Crippen MR) is 153 cm³/mol. The van der Waals surface area contributed by atoms with Crippen molar-refractivity contribution >= 4 is 35.2 Å². The molecule has 3 aromatic carbocycles. The van der Waals surface area contributed by atoms with E-state index in [0.717, 1.165) is 29.1 Å². The molecule has 3 unspecified atom stereocenters. The Morgan fingerprint density at radius 1 is 0.927 bits per heavy atom. The summed E-state index contributed by atoms with van der Waals surface area (Å²) in [6.07, 6.45) is 1.60. The number of hydrogen-bond acceptors (Lipinski definition) is 5. The molecule has 0 aliphatic carbocycles. The van der Waals surface area contributed by atoms with Crippen LogP contribution in [-0.2, 0) is 22.7 Å². The number of amides is 4. The van der Waals surface area contributed by atoms with Crippen LogP contribution in [0.25, 0.3) is 11.1 Å². The molecule has 208 valence electrons. The highest BCUT2D eigenvalue weighted by molar-refractivity contribution is 6.30. The highest BCUT2D eigenvalue weighted by atomic mass is 35.5. The monoisotopic (exact) mass is 568 g/mol. The Labute approximate surface area is 242 Å². The fourth-order valence-corrected chi connectivity index (χ4v) is 6.89. The summed E-state index contributed by atoms with van der Waals surface area (Å²) < 4.78 is 0. The van der Waals surface area contributed by atoms with E-state index in [4.69, 9.17) is 11.6 Å². The fraction of sp³-hybridized carbons (Fsp3) is 0.312. The van der Waals surface area contributed by atoms with Crippen molar-refractivity contribution in [2.24, 2.45) is 0 Å². The van der Waals surface area contributed by atoms with Crippen molar-refractivity contribution in [1.29, 1.82) is 0 Å². The molecule has 4 saturated heterocycles. The van der Waals surface area contributed by atoms with E-state index in [1.165, 1.54) is 16.0 Å². The second kappa shape index (κ2) is 10.1. The lowest BCUT2D eigenvalue weighted by molar-refractivity contribution is -0.136. The molecule has 0 spiro atoms. The topological polar surface area (TPSA) is 90.0 Å². The van der Waals surface area contributed by atoms with E-state index in [0.29, 0.717) is 42.7 Å². The molecule has 1 N–H and O–H groups in total. The van der Waals surface area contributed by atoms with E-state index < -0.39 is 11.9 Å². The molecule has 0 radical (unpaired) electrons. The number of carbonyl (C=O) groups is 4. The minimum absolute atomic E-state index is 0.0318. The van der Waals surface area contributed by atoms with Crippen LogP contribution in [0.2, 0.25) is 5.02 Å². The van der Waals surface area contributed by atoms with Gasteiger partial charge in [0.25, 0.3) is 11.8 Å². The molecule has 41 heavy (non-hydrogen) atoms. The molecule has 4 amide bonds. The Morgan fingerprint density at radius 2 is 1.68 bits per heavy atom. The van der Waals surface area contributed by atoms with Gasteiger partial charge in [-0.1, -0.05) is 48.0 Å². The van der Waals surface area contributed by atoms with E-state index in [1.807, 2.05) is 29.2 Å². The van der Waals surface area contributed by atoms with Gasteiger partial charge in [0.15, 0.2) is 0 Å². The SMILES string of the molecule is O=C1CCC(N2Cc3cc(C(=O)N4CC5CC(C4)N5Cc4ccccc4-c4ccc(Cl)cc4)ccc3C2=O)C(=O)N1. The molecule has 3 aromatic rings. The summed E-state index contributed by atoms with van der Waals surface area (Å²) in [5, 5.41) is 3.04. The average Bonchev–Trinajstić information content (AvgIpc) is 3.31. The first-order valence-electron chi connectivity index (χ1n) is 14.0. The molecule has 8 rings (SSSR count). The Bertz CT molecular complexity index is 1580. The molecule has 9 heteroatoms. The molecule has 0 saturated carbocycles. The van der Waals surface area contributed by atoms with Crippen molar-refractivity contribution < 1.29 is 19.2 Å². The zero-order chi connectivity index (χ0) is 28.2. The molecular weight excluding hydrogens is 540 g/mol. The van der Waals surface area contributed by atoms with Crippen LogP contribution in [0.3, 0.4) is 0 Å². The second-order valence-electron chi connectivity index (χ2n) is 11.4. The van der Waals surface area contributed by atoms with Crippen LogP contribution in [-0.4, -0.2) is 69.5 Å². The number of halogens is 1. The number of piperidine rings is 2. The third kappa shape index (κ3) is 4.61. The molecule has 5 aliphatic heterocycles. The number of fused-ring (bicyclic) bond motifs is 3. The normalized spacial score (nSPS) is 23.7. The quantitative estimate of drug-likeness (QED) is 0.472. The second-order valence-corrected chi connectivity index (χ2v) is 11.8. The maximum absolute atomic E-state index is 13.5. The van der Waals surface area contributed by atoms with E-state index >= 15 is 0 Å². The molecular formula is C32H29ClN4O4. The summed E-state index contributed by atoms with van der Waals surface area (Å²) in [6, 6.07) is 21.5. The van der Waals surface area contributed by atoms with E-state index in [9.17, 15) is 19.2 Å². The number of nitrogens with zero attached hydrogens (tertiary/aromatic N) is 3. The summed E-state index contributed by atoms with van der Waals surface area (Å²) in [5.74, 6) is -1.02. The molecule has 8 nitrogen and oxygen atoms in total. The van der Waals surface area contributed by atoms with Crippen LogP contribution in [0.15, 0.2) is 66.7 Å². The van der Waals surface area contributed by atoms with Crippen LogP contribution in [0.5, 0.6) is 0 Å². The molecule has 2 bridgehead atoms. The van der Waals surface area contributed by atoms with Crippen molar-refractivity contribution in [2.45, 2.75) is 50.5 Å². The van der Waals surface area contributed by atoms with Crippen molar-refractivity contribution in [1.82, 2.24) is 20.0 Å². The Kier molecular flexibility index (Phi) is 6.40. The number of benzene rings is 3. The summed E-state index contributed by atoms with van der Waals surface area (Å²) in [7, 11) is 0. The van der Waals surface area contributed by atoms with Crippen LogP contribution < -0.4 is 5.32 Å². The number of rotatable bonds is 5. The summed E-state index contributed by atoms with van der Waals surface area (Å²) in [4.78, 5) is 56.4. The van der Waals surface area contributed by atoms with Crippen molar-refractivity contribution in [2.75, 3.05) is 13.1 Å². The van der Waals surface area contributed by atoms with Gasteiger partial charge in [0.2, 0.25) is 11.8 Å². The molecule has 4 fully saturated rings. The van der Waals surface area contributed by atoms with Crippen LogP contribution in [0, 0.1) is 0 Å². The third-order valence-corrected chi connectivity index (χ3v) is 9.18. The first-order valence-corrected chi connectivity index (χ1v) is 14.4. The summed E-state index contributed by atoms with van der Waals surface area (Å²) >= 11 is 6.10. The lowest BCUT2D eigenvalue weighted by Crippen LogP contribution is -2.68. The lowest BCUT2D eigenvalue weighted by atomic mass is 9.85. The Hall–Kier alpha value is -4.01. The minimum atomic E-state index is -0.670. The van der Waals surface area contributed by atoms with E-state index in [2.05, 4.69) is 34.5 Å². The van der Waals surface area contributed by atoms with Gasteiger partial charge in [-0.05, 0) is 65.4 Å². The van der Waals surface area contributed by atoms with Crippen LogP contribution in [0.1, 0.15) is 51.1 Å². The molecule has 0 aromatic heterocycles. The third-order valence-electron chi connectivity index (χ3n) is 8.93. The van der Waals surface area contributed by atoms with Gasteiger partial charge in [0.1, 0.15) is 6.04 Å². The number of hydrogen-bond donors (Lipinski definition) is 1. The van der Waals surface area contributed by atoms with Gasteiger partial charge in [-0.25, -0.2) is 0 Å². The maximum Gasteiger partial charge on any atom is 0.255 e. The first-order chi connectivity index (χ1) is 19.9. The summed E-state index contributed by atoms with van der Waals surface area (Å²) in [5.41, 5.74) is 5.40. The molecule has 5 aliphatic rings. The van der Waals surface area contributed by atoms with E-state index in [-0.39, 0.29) is 30.7 Å².